The molecule has 3 aromatic carbocycles. The molecular formula is C27H24F2N4O3. The van der Waals surface area contributed by atoms with Crippen molar-refractivity contribution in [1.82, 2.24) is 20.2 Å². The van der Waals surface area contributed by atoms with Gasteiger partial charge in [-0.15, -0.1) is 0 Å². The van der Waals surface area contributed by atoms with Crippen LogP contribution in [0.1, 0.15) is 27.2 Å². The fourth-order valence-corrected chi connectivity index (χ4v) is 3.60. The van der Waals surface area contributed by atoms with Crippen molar-refractivity contribution in [2.24, 2.45) is 7.05 Å². The number of nitrogens with zero attached hydrogens (tertiary/aromatic N) is 2. The fraction of sp³-hybridized carbons (Fsp3) is 0.148. The van der Waals surface area contributed by atoms with Crippen molar-refractivity contribution in [2.75, 3.05) is 0 Å². The van der Waals surface area contributed by atoms with E-state index in [0.717, 1.165) is 11.1 Å². The molecule has 1 amide bonds. The van der Waals surface area contributed by atoms with E-state index in [2.05, 4.69) is 15.6 Å². The summed E-state index contributed by atoms with van der Waals surface area (Å²) in [5.41, 5.74) is 2.03. The van der Waals surface area contributed by atoms with Crippen LogP contribution in [0.15, 0.2) is 77.6 Å². The second-order valence-electron chi connectivity index (χ2n) is 8.23. The molecule has 0 radical (unpaired) electrons. The highest BCUT2D eigenvalue weighted by atomic mass is 19.1. The predicted molar refractivity (Wildman–Crippen MR) is 131 cm³/mol. The van der Waals surface area contributed by atoms with Crippen LogP contribution >= 0.6 is 0 Å². The van der Waals surface area contributed by atoms with E-state index in [4.69, 9.17) is 0 Å². The lowest BCUT2D eigenvalue weighted by molar-refractivity contribution is 0.0942. The van der Waals surface area contributed by atoms with Gasteiger partial charge in [-0.25, -0.2) is 13.8 Å². The van der Waals surface area contributed by atoms with Crippen molar-refractivity contribution in [3.8, 4) is 17.1 Å². The molecule has 0 atom stereocenters. The van der Waals surface area contributed by atoms with Crippen LogP contribution in [-0.4, -0.2) is 20.6 Å². The van der Waals surface area contributed by atoms with Crippen molar-refractivity contribution < 1.29 is 18.7 Å². The van der Waals surface area contributed by atoms with E-state index in [1.54, 1.807) is 24.3 Å². The zero-order valence-corrected chi connectivity index (χ0v) is 19.5. The maximum Gasteiger partial charge on any atom is 0.296 e. The number of nitrogens with one attached hydrogen (secondary N) is 2. The van der Waals surface area contributed by atoms with Crippen LogP contribution in [0.25, 0.3) is 11.4 Å². The Hall–Kier alpha value is -4.37. The third-order valence-electron chi connectivity index (χ3n) is 5.63. The minimum Gasteiger partial charge on any atom is -0.501 e. The van der Waals surface area contributed by atoms with Gasteiger partial charge in [-0.2, -0.15) is 0 Å². The van der Waals surface area contributed by atoms with Crippen LogP contribution in [0, 0.1) is 11.6 Å². The van der Waals surface area contributed by atoms with Crippen molar-refractivity contribution in [1.29, 1.82) is 0 Å². The smallest absolute Gasteiger partial charge is 0.296 e. The number of hydrogen-bond acceptors (Lipinski definition) is 5. The first-order chi connectivity index (χ1) is 17.3. The van der Waals surface area contributed by atoms with Crippen LogP contribution in [0.2, 0.25) is 0 Å². The molecule has 0 aliphatic heterocycles. The second-order valence-corrected chi connectivity index (χ2v) is 8.23. The van der Waals surface area contributed by atoms with Gasteiger partial charge in [-0.1, -0.05) is 48.5 Å². The first-order valence-electron chi connectivity index (χ1n) is 11.2. The van der Waals surface area contributed by atoms with Crippen LogP contribution in [-0.2, 0) is 26.7 Å². The van der Waals surface area contributed by atoms with E-state index in [0.29, 0.717) is 24.2 Å². The molecule has 4 aromatic rings. The third kappa shape index (κ3) is 5.81. The summed E-state index contributed by atoms with van der Waals surface area (Å²) in [6, 6.07) is 19.1. The molecule has 3 N–H and O–H groups in total. The van der Waals surface area contributed by atoms with Crippen LogP contribution in [0.3, 0.4) is 0 Å². The normalized spacial score (nSPS) is 10.9. The number of hydrogen-bond donors (Lipinski definition) is 3. The second kappa shape index (κ2) is 10.9. The summed E-state index contributed by atoms with van der Waals surface area (Å²) in [7, 11) is 1.46. The summed E-state index contributed by atoms with van der Waals surface area (Å²) in [4.78, 5) is 29.5. The lowest BCUT2D eigenvalue weighted by atomic mass is 10.1. The maximum absolute atomic E-state index is 13.1. The molecule has 1 aromatic heterocycles. The molecule has 0 bridgehead atoms. The monoisotopic (exact) mass is 490 g/mol. The van der Waals surface area contributed by atoms with Gasteiger partial charge in [-0.3, -0.25) is 14.2 Å². The SMILES string of the molecule is Cn1c(-c2ccc(CNCc3ccc(F)cc3)cc2)nc(C(=O)NCc2ccc(F)cc2)c(O)c1=O. The average molecular weight is 491 g/mol. The molecule has 0 aliphatic carbocycles. The van der Waals surface area contributed by atoms with Crippen LogP contribution < -0.4 is 16.2 Å². The number of amides is 1. The summed E-state index contributed by atoms with van der Waals surface area (Å²) < 4.78 is 27.3. The number of rotatable bonds is 8. The topological polar surface area (TPSA) is 96.2 Å². The Morgan fingerprint density at radius 3 is 1.83 bits per heavy atom. The average Bonchev–Trinajstić information content (AvgIpc) is 2.89. The lowest BCUT2D eigenvalue weighted by Gasteiger charge is -2.12. The Bertz CT molecular complexity index is 1420. The highest BCUT2D eigenvalue weighted by Gasteiger charge is 2.20. The molecule has 0 fully saturated rings. The van der Waals surface area contributed by atoms with Gasteiger partial charge in [0.05, 0.1) is 0 Å². The molecule has 0 spiro atoms. The molecule has 0 saturated carbocycles. The van der Waals surface area contributed by atoms with Gasteiger partial charge in [0.1, 0.15) is 17.5 Å². The standard InChI is InChI=1S/C27H24F2N4O3/c1-33-25(20-8-2-17(3-9-20)14-30-15-18-4-10-21(28)11-5-18)32-23(24(34)27(33)36)26(35)31-16-19-6-12-22(29)13-7-19/h2-13,30,34H,14-16H2,1H3,(H,31,35). The highest BCUT2D eigenvalue weighted by molar-refractivity contribution is 5.95. The van der Waals surface area contributed by atoms with Gasteiger partial charge in [0.15, 0.2) is 5.69 Å². The Balaban J connectivity index is 1.47. The minimum atomic E-state index is -0.753. The minimum absolute atomic E-state index is 0.0738. The Labute approximate surface area is 206 Å². The molecule has 4 rings (SSSR count). The van der Waals surface area contributed by atoms with Gasteiger partial charge in [-0.05, 0) is 41.0 Å². The molecule has 1 heterocycles. The Kier molecular flexibility index (Phi) is 7.50. The van der Waals surface area contributed by atoms with E-state index in [1.807, 2.05) is 12.1 Å². The largest absolute Gasteiger partial charge is 0.501 e. The molecule has 184 valence electrons. The quantitative estimate of drug-likeness (QED) is 0.351. The number of halogens is 2. The zero-order chi connectivity index (χ0) is 25.7. The first-order valence-corrected chi connectivity index (χ1v) is 11.2. The predicted octanol–water partition coefficient (Wildman–Crippen LogP) is 3.65. The fourth-order valence-electron chi connectivity index (χ4n) is 3.60. The van der Waals surface area contributed by atoms with Crippen LogP contribution in [0.5, 0.6) is 5.75 Å². The number of aromatic hydroxyl groups is 1. The Morgan fingerprint density at radius 2 is 1.31 bits per heavy atom. The molecule has 9 heteroatoms. The van der Waals surface area contributed by atoms with E-state index >= 15 is 0 Å². The molecule has 0 aliphatic rings. The van der Waals surface area contributed by atoms with Gasteiger partial charge in [0.2, 0.25) is 5.75 Å². The van der Waals surface area contributed by atoms with Crippen molar-refractivity contribution in [2.45, 2.75) is 19.6 Å². The van der Waals surface area contributed by atoms with Crippen molar-refractivity contribution in [3.05, 3.63) is 117 Å². The number of carbonyl (C=O) groups excluding carboxylic acids is 1. The van der Waals surface area contributed by atoms with Crippen LogP contribution in [0.4, 0.5) is 8.78 Å². The van der Waals surface area contributed by atoms with Gasteiger partial charge in [0.25, 0.3) is 11.5 Å². The van der Waals surface area contributed by atoms with Crippen molar-refractivity contribution in [3.63, 3.8) is 0 Å². The zero-order valence-electron chi connectivity index (χ0n) is 19.5. The summed E-state index contributed by atoms with van der Waals surface area (Å²) in [6.07, 6.45) is 0. The summed E-state index contributed by atoms with van der Waals surface area (Å²) in [5, 5.41) is 16.1. The highest BCUT2D eigenvalue weighted by Crippen LogP contribution is 2.20. The van der Waals surface area contributed by atoms with Crippen molar-refractivity contribution >= 4 is 5.91 Å². The van der Waals surface area contributed by atoms with E-state index in [1.165, 1.54) is 48.0 Å². The maximum atomic E-state index is 13.1. The van der Waals surface area contributed by atoms with Gasteiger partial charge in [0, 0.05) is 32.2 Å². The summed E-state index contributed by atoms with van der Waals surface area (Å²) in [5.74, 6) is -1.93. The summed E-state index contributed by atoms with van der Waals surface area (Å²) in [6.45, 7) is 1.22. The van der Waals surface area contributed by atoms with E-state index in [9.17, 15) is 23.5 Å². The molecule has 7 nitrogen and oxygen atoms in total. The summed E-state index contributed by atoms with van der Waals surface area (Å²) >= 11 is 0. The first kappa shape index (κ1) is 24.7. The molecule has 0 saturated heterocycles. The molecule has 36 heavy (non-hydrogen) atoms. The molecule has 0 unspecified atom stereocenters. The lowest BCUT2D eigenvalue weighted by Crippen LogP contribution is -2.29. The van der Waals surface area contributed by atoms with Gasteiger partial charge >= 0.3 is 0 Å². The van der Waals surface area contributed by atoms with Gasteiger partial charge < -0.3 is 15.7 Å². The van der Waals surface area contributed by atoms with E-state index < -0.39 is 23.0 Å². The third-order valence-corrected chi connectivity index (χ3v) is 5.63. The number of carbonyl (C=O) groups is 1. The Morgan fingerprint density at radius 1 is 0.833 bits per heavy atom. The van der Waals surface area contributed by atoms with E-state index in [-0.39, 0.29) is 23.9 Å². The molecular weight excluding hydrogens is 466 g/mol. The number of benzene rings is 3. The number of aromatic nitrogens is 2.